The van der Waals surface area contributed by atoms with Crippen LogP contribution in [0.4, 0.5) is 0 Å². The van der Waals surface area contributed by atoms with Gasteiger partial charge in [-0.15, -0.1) is 0 Å². The van der Waals surface area contributed by atoms with Gasteiger partial charge < -0.3 is 10.2 Å². The molecule has 0 bridgehead atoms. The van der Waals surface area contributed by atoms with E-state index < -0.39 is 0 Å². The number of aromatic nitrogens is 2. The molecule has 0 saturated carbocycles. The maximum Gasteiger partial charge on any atom is 0.0526 e. The van der Waals surface area contributed by atoms with Crippen LogP contribution >= 0.6 is 0 Å². The third-order valence-corrected chi connectivity index (χ3v) is 2.77. The summed E-state index contributed by atoms with van der Waals surface area (Å²) < 4.78 is 1.76. The zero-order valence-electron chi connectivity index (χ0n) is 9.02. The second-order valence-corrected chi connectivity index (χ2v) is 3.85. The molecule has 4 heteroatoms. The Labute approximate surface area is 90.6 Å². The van der Waals surface area contributed by atoms with E-state index in [9.17, 15) is 0 Å². The average molecular weight is 206 g/mol. The third kappa shape index (κ3) is 2.91. The summed E-state index contributed by atoms with van der Waals surface area (Å²) >= 11 is 0. The summed E-state index contributed by atoms with van der Waals surface area (Å²) in [5, 5.41) is 7.52. The first-order valence-corrected chi connectivity index (χ1v) is 5.47. The van der Waals surface area contributed by atoms with E-state index in [2.05, 4.69) is 21.9 Å². The van der Waals surface area contributed by atoms with Crippen molar-refractivity contribution in [2.75, 3.05) is 32.7 Å². The van der Waals surface area contributed by atoms with Crippen LogP contribution in [0.25, 0.3) is 6.20 Å². The summed E-state index contributed by atoms with van der Waals surface area (Å²) in [6, 6.07) is 0. The molecule has 1 fully saturated rings. The lowest BCUT2D eigenvalue weighted by Gasteiger charge is -2.26. The molecular formula is C11H18N4. The van der Waals surface area contributed by atoms with Crippen molar-refractivity contribution in [1.29, 1.82) is 0 Å². The first kappa shape index (κ1) is 10.4. The second-order valence-electron chi connectivity index (χ2n) is 3.85. The van der Waals surface area contributed by atoms with E-state index >= 15 is 0 Å². The molecule has 1 aliphatic heterocycles. The average Bonchev–Trinajstić information content (AvgIpc) is 2.76. The molecule has 0 amide bonds. The van der Waals surface area contributed by atoms with Gasteiger partial charge in [-0.25, -0.2) is 4.68 Å². The smallest absolute Gasteiger partial charge is 0.0526 e. The first-order chi connectivity index (χ1) is 7.38. The Kier molecular flexibility index (Phi) is 3.53. The summed E-state index contributed by atoms with van der Waals surface area (Å²) in [7, 11) is 0. The van der Waals surface area contributed by atoms with Crippen LogP contribution in [0.1, 0.15) is 5.56 Å². The molecule has 1 aromatic rings. The minimum atomic E-state index is 1.08. The lowest BCUT2D eigenvalue weighted by atomic mass is 10.2. The Bertz CT molecular complexity index is 312. The first-order valence-electron chi connectivity index (χ1n) is 5.47. The minimum Gasteiger partial charge on any atom is -0.314 e. The van der Waals surface area contributed by atoms with Crippen molar-refractivity contribution in [2.24, 2.45) is 0 Å². The highest BCUT2D eigenvalue weighted by atomic mass is 15.2. The van der Waals surface area contributed by atoms with Crippen LogP contribution < -0.4 is 5.32 Å². The van der Waals surface area contributed by atoms with Crippen LogP contribution in [0.15, 0.2) is 19.0 Å². The Morgan fingerprint density at radius 3 is 2.93 bits per heavy atom. The number of piperazine rings is 1. The van der Waals surface area contributed by atoms with Crippen molar-refractivity contribution in [3.05, 3.63) is 24.5 Å². The lowest BCUT2D eigenvalue weighted by Crippen LogP contribution is -2.44. The molecule has 0 unspecified atom stereocenters. The molecule has 4 nitrogen and oxygen atoms in total. The van der Waals surface area contributed by atoms with E-state index in [0.717, 1.165) is 39.1 Å². The van der Waals surface area contributed by atoms with Gasteiger partial charge in [0.1, 0.15) is 0 Å². The van der Waals surface area contributed by atoms with Gasteiger partial charge in [-0.05, 0) is 12.0 Å². The SMILES string of the molecule is C=Cn1cc(CCN2CCNCC2)cn1. The van der Waals surface area contributed by atoms with Crippen molar-refractivity contribution < 1.29 is 0 Å². The fourth-order valence-electron chi connectivity index (χ4n) is 1.83. The fraction of sp³-hybridized carbons (Fsp3) is 0.545. The normalized spacial score (nSPS) is 17.9. The van der Waals surface area contributed by atoms with E-state index in [4.69, 9.17) is 0 Å². The maximum absolute atomic E-state index is 4.17. The van der Waals surface area contributed by atoms with Crippen molar-refractivity contribution in [2.45, 2.75) is 6.42 Å². The molecule has 0 atom stereocenters. The highest BCUT2D eigenvalue weighted by Crippen LogP contribution is 2.01. The van der Waals surface area contributed by atoms with E-state index in [1.165, 1.54) is 5.56 Å². The number of nitrogens with one attached hydrogen (secondary N) is 1. The molecule has 0 aliphatic carbocycles. The predicted molar refractivity (Wildman–Crippen MR) is 61.6 cm³/mol. The molecule has 1 aromatic heterocycles. The molecule has 1 N–H and O–H groups in total. The van der Waals surface area contributed by atoms with Gasteiger partial charge in [-0.1, -0.05) is 6.58 Å². The molecular weight excluding hydrogens is 188 g/mol. The van der Waals surface area contributed by atoms with Crippen molar-refractivity contribution >= 4 is 6.20 Å². The van der Waals surface area contributed by atoms with Gasteiger partial charge in [-0.2, -0.15) is 5.10 Å². The highest BCUT2D eigenvalue weighted by Gasteiger charge is 2.09. The zero-order valence-corrected chi connectivity index (χ0v) is 9.02. The van der Waals surface area contributed by atoms with Crippen LogP contribution in [0.2, 0.25) is 0 Å². The monoisotopic (exact) mass is 206 g/mol. The van der Waals surface area contributed by atoms with E-state index in [1.54, 1.807) is 10.9 Å². The van der Waals surface area contributed by atoms with E-state index in [1.807, 2.05) is 12.4 Å². The van der Waals surface area contributed by atoms with Crippen LogP contribution in [0.3, 0.4) is 0 Å². The van der Waals surface area contributed by atoms with Crippen LogP contribution in [-0.4, -0.2) is 47.4 Å². The molecule has 2 heterocycles. The summed E-state index contributed by atoms with van der Waals surface area (Å²) in [6.45, 7) is 9.36. The Hall–Kier alpha value is -1.13. The Morgan fingerprint density at radius 2 is 2.27 bits per heavy atom. The fourth-order valence-corrected chi connectivity index (χ4v) is 1.83. The molecule has 1 aliphatic rings. The van der Waals surface area contributed by atoms with Crippen LogP contribution in [0.5, 0.6) is 0 Å². The van der Waals surface area contributed by atoms with Gasteiger partial charge in [0.15, 0.2) is 0 Å². The predicted octanol–water partition coefficient (Wildman–Crippen LogP) is 0.431. The van der Waals surface area contributed by atoms with Gasteiger partial charge in [0.05, 0.1) is 6.20 Å². The van der Waals surface area contributed by atoms with E-state index in [-0.39, 0.29) is 0 Å². The highest BCUT2D eigenvalue weighted by molar-refractivity contribution is 5.17. The Balaban J connectivity index is 1.79. The lowest BCUT2D eigenvalue weighted by molar-refractivity contribution is 0.244. The van der Waals surface area contributed by atoms with Gasteiger partial charge in [-0.3, -0.25) is 0 Å². The van der Waals surface area contributed by atoms with Gasteiger partial charge in [0.2, 0.25) is 0 Å². The third-order valence-electron chi connectivity index (χ3n) is 2.77. The zero-order chi connectivity index (χ0) is 10.5. The standard InChI is InChI=1S/C11H18N4/c1-2-15-10-11(9-13-15)3-6-14-7-4-12-5-8-14/h2,9-10,12H,1,3-8H2. The summed E-state index contributed by atoms with van der Waals surface area (Å²) in [6.07, 6.45) is 6.75. The largest absolute Gasteiger partial charge is 0.314 e. The molecule has 0 radical (unpaired) electrons. The van der Waals surface area contributed by atoms with Gasteiger partial charge in [0, 0.05) is 45.1 Å². The van der Waals surface area contributed by atoms with Crippen molar-refractivity contribution in [3.8, 4) is 0 Å². The maximum atomic E-state index is 4.17. The number of hydrogen-bond donors (Lipinski definition) is 1. The summed E-state index contributed by atoms with van der Waals surface area (Å²) in [5.41, 5.74) is 1.29. The van der Waals surface area contributed by atoms with Crippen molar-refractivity contribution in [1.82, 2.24) is 20.0 Å². The molecule has 1 saturated heterocycles. The van der Waals surface area contributed by atoms with Crippen molar-refractivity contribution in [3.63, 3.8) is 0 Å². The van der Waals surface area contributed by atoms with Gasteiger partial charge >= 0.3 is 0 Å². The molecule has 15 heavy (non-hydrogen) atoms. The number of nitrogens with zero attached hydrogens (tertiary/aromatic N) is 3. The van der Waals surface area contributed by atoms with E-state index in [0.29, 0.717) is 0 Å². The summed E-state index contributed by atoms with van der Waals surface area (Å²) in [4.78, 5) is 2.49. The molecule has 0 spiro atoms. The molecule has 82 valence electrons. The number of hydrogen-bond acceptors (Lipinski definition) is 3. The molecule has 0 aromatic carbocycles. The van der Waals surface area contributed by atoms with Crippen LogP contribution in [0, 0.1) is 0 Å². The Morgan fingerprint density at radius 1 is 1.47 bits per heavy atom. The second kappa shape index (κ2) is 5.09. The van der Waals surface area contributed by atoms with Gasteiger partial charge in [0.25, 0.3) is 0 Å². The summed E-state index contributed by atoms with van der Waals surface area (Å²) in [5.74, 6) is 0. The molecule has 2 rings (SSSR count). The number of rotatable bonds is 4. The quantitative estimate of drug-likeness (QED) is 0.775. The minimum absolute atomic E-state index is 1.08. The van der Waals surface area contributed by atoms with Crippen LogP contribution in [-0.2, 0) is 6.42 Å². The topological polar surface area (TPSA) is 33.1 Å².